The summed E-state index contributed by atoms with van der Waals surface area (Å²) in [7, 11) is 0. The van der Waals surface area contributed by atoms with Crippen molar-refractivity contribution in [3.05, 3.63) is 53.6 Å². The van der Waals surface area contributed by atoms with E-state index < -0.39 is 0 Å². The zero-order valence-electron chi connectivity index (χ0n) is 10.00. The van der Waals surface area contributed by atoms with Crippen molar-refractivity contribution < 1.29 is 36.6 Å². The molecule has 0 saturated carbocycles. The van der Waals surface area contributed by atoms with Crippen LogP contribution in [0.3, 0.4) is 0 Å². The summed E-state index contributed by atoms with van der Waals surface area (Å²) in [5.41, 5.74) is 2.83. The van der Waals surface area contributed by atoms with Crippen LogP contribution in [0.2, 0.25) is 0 Å². The van der Waals surface area contributed by atoms with Gasteiger partial charge in [0.15, 0.2) is 0 Å². The fraction of sp³-hybridized carbons (Fsp3) is 0.286. The molecule has 0 aromatic heterocycles. The van der Waals surface area contributed by atoms with Gasteiger partial charge in [0, 0.05) is 0 Å². The molecule has 2 rings (SSSR count). The molecule has 0 radical (unpaired) electrons. The average Bonchev–Trinajstić information content (AvgIpc) is 2.71. The summed E-state index contributed by atoms with van der Waals surface area (Å²) >= 11 is 1.55. The Morgan fingerprint density at radius 2 is 1.75 bits per heavy atom. The maximum atomic E-state index is 2.22. The minimum atomic E-state index is 0. The van der Waals surface area contributed by atoms with Crippen molar-refractivity contribution in [1.82, 2.24) is 0 Å². The van der Waals surface area contributed by atoms with Crippen molar-refractivity contribution in [1.29, 1.82) is 0 Å². The molecular weight excluding hydrogens is 295 g/mol. The number of hydrogen-bond acceptors (Lipinski definition) is 0. The van der Waals surface area contributed by atoms with Crippen LogP contribution in [0.1, 0.15) is 30.9 Å². The molecule has 0 heterocycles. The third-order valence-corrected chi connectivity index (χ3v) is 2.18. The minimum absolute atomic E-state index is 0. The van der Waals surface area contributed by atoms with Crippen LogP contribution in [-0.4, -0.2) is 3.21 Å². The van der Waals surface area contributed by atoms with Crippen molar-refractivity contribution in [2.75, 3.05) is 0 Å². The van der Waals surface area contributed by atoms with E-state index in [1.54, 1.807) is 24.2 Å². The number of rotatable bonds is 1. The summed E-state index contributed by atoms with van der Waals surface area (Å²) < 4.78 is 1.51. The Morgan fingerprint density at radius 3 is 2.12 bits per heavy atom. The summed E-state index contributed by atoms with van der Waals surface area (Å²) in [5, 5.41) is 0. The van der Waals surface area contributed by atoms with E-state index in [2.05, 4.69) is 63.3 Å². The summed E-state index contributed by atoms with van der Waals surface area (Å²) in [6.07, 6.45) is 8.67. The molecule has 0 aliphatic heterocycles. The van der Waals surface area contributed by atoms with Gasteiger partial charge in [0.25, 0.3) is 0 Å². The molecule has 0 saturated heterocycles. The quantitative estimate of drug-likeness (QED) is 0.669. The number of halogens is 1. The van der Waals surface area contributed by atoms with Gasteiger partial charge in [0.2, 0.25) is 0 Å². The van der Waals surface area contributed by atoms with Crippen molar-refractivity contribution in [3.63, 3.8) is 0 Å². The third kappa shape index (κ3) is 5.28. The van der Waals surface area contributed by atoms with Crippen molar-refractivity contribution in [3.8, 4) is 0 Å². The van der Waals surface area contributed by atoms with Gasteiger partial charge in [-0.05, 0) is 5.92 Å². The van der Waals surface area contributed by atoms with Gasteiger partial charge in [-0.25, -0.2) is 12.1 Å². The minimum Gasteiger partial charge on any atom is -1.00 e. The van der Waals surface area contributed by atoms with Crippen molar-refractivity contribution in [2.24, 2.45) is 0 Å². The first-order valence-electron chi connectivity index (χ1n) is 5.20. The average molecular weight is 312 g/mol. The summed E-state index contributed by atoms with van der Waals surface area (Å²) in [6, 6.07) is 6.47. The first-order valence-corrected chi connectivity index (χ1v) is 6.43. The first kappa shape index (κ1) is 15.9. The van der Waals surface area contributed by atoms with Crippen LogP contribution in [0.5, 0.6) is 0 Å². The fourth-order valence-corrected chi connectivity index (χ4v) is 1.54. The third-order valence-electron chi connectivity index (χ3n) is 2.18. The Bertz CT molecular complexity index is 369. The van der Waals surface area contributed by atoms with E-state index in [-0.39, 0.29) is 12.4 Å². The van der Waals surface area contributed by atoms with Gasteiger partial charge >= 0.3 is 41.3 Å². The van der Waals surface area contributed by atoms with Gasteiger partial charge in [-0.15, -0.1) is 0 Å². The summed E-state index contributed by atoms with van der Waals surface area (Å²) in [4.78, 5) is 0. The Hall–Kier alpha value is -0.127. The molecule has 0 amide bonds. The van der Waals surface area contributed by atoms with Crippen LogP contribution in [0.4, 0.5) is 0 Å². The topological polar surface area (TPSA) is 0 Å². The second-order valence-electron chi connectivity index (χ2n) is 3.96. The standard InChI is InChI=1S/C11H11.C3H6.ClH.Zr/c1-9-5-4-8-11(9)10-6-2-3-7-10;1-3-2;;/h2-8,10H,1H3;1-2H3;1H;/q-1;;;+2/p-1. The van der Waals surface area contributed by atoms with Crippen LogP contribution >= 0.6 is 0 Å². The van der Waals surface area contributed by atoms with Crippen molar-refractivity contribution >= 4 is 3.21 Å². The normalized spacial score (nSPS) is 13.1. The molecular formula is C14H17ClZr. The molecule has 84 valence electrons. The maximum Gasteiger partial charge on any atom is -0.00245 e. The number of aryl methyl sites for hydroxylation is 1. The van der Waals surface area contributed by atoms with Crippen LogP contribution in [0, 0.1) is 6.92 Å². The van der Waals surface area contributed by atoms with Crippen LogP contribution in [0.25, 0.3) is 0 Å². The second kappa shape index (κ2) is 8.04. The Kier molecular flexibility index (Phi) is 7.97. The Balaban J connectivity index is 0.000000397. The van der Waals surface area contributed by atoms with Gasteiger partial charge in [0.1, 0.15) is 0 Å². The number of hydrogen-bond donors (Lipinski definition) is 0. The molecule has 1 aromatic carbocycles. The Morgan fingerprint density at radius 1 is 1.25 bits per heavy atom. The molecule has 0 atom stereocenters. The first-order chi connectivity index (χ1) is 7.11. The van der Waals surface area contributed by atoms with Gasteiger partial charge in [-0.1, -0.05) is 31.2 Å². The monoisotopic (exact) mass is 310 g/mol. The number of allylic oxidation sites excluding steroid dienone is 4. The molecule has 1 aliphatic carbocycles. The van der Waals surface area contributed by atoms with Crippen LogP contribution in [0.15, 0.2) is 42.5 Å². The molecule has 1 aromatic rings. The molecule has 16 heavy (non-hydrogen) atoms. The van der Waals surface area contributed by atoms with E-state index in [0.717, 1.165) is 0 Å². The van der Waals surface area contributed by atoms with E-state index >= 15 is 0 Å². The predicted octanol–water partition coefficient (Wildman–Crippen LogP) is 0.673. The van der Waals surface area contributed by atoms with E-state index in [1.165, 1.54) is 14.3 Å². The smallest absolute Gasteiger partial charge is 0.00245 e. The molecule has 0 N–H and O–H groups in total. The van der Waals surface area contributed by atoms with Crippen LogP contribution in [-0.2, 0) is 24.2 Å². The van der Waals surface area contributed by atoms with E-state index in [9.17, 15) is 0 Å². The molecule has 0 fully saturated rings. The fourth-order valence-electron chi connectivity index (χ4n) is 1.54. The largest absolute Gasteiger partial charge is 1.00 e. The van der Waals surface area contributed by atoms with Gasteiger partial charge in [-0.2, -0.15) is 17.2 Å². The predicted molar refractivity (Wildman–Crippen MR) is 64.1 cm³/mol. The molecule has 0 bridgehead atoms. The van der Waals surface area contributed by atoms with Gasteiger partial charge in [0.05, 0.1) is 0 Å². The van der Waals surface area contributed by atoms with E-state index in [1.807, 2.05) is 0 Å². The molecule has 2 heteroatoms. The van der Waals surface area contributed by atoms with Crippen LogP contribution < -0.4 is 12.4 Å². The van der Waals surface area contributed by atoms with E-state index in [4.69, 9.17) is 0 Å². The van der Waals surface area contributed by atoms with E-state index in [0.29, 0.717) is 5.92 Å². The zero-order valence-corrected chi connectivity index (χ0v) is 13.2. The summed E-state index contributed by atoms with van der Waals surface area (Å²) in [5.74, 6) is 0.532. The Labute approximate surface area is 120 Å². The summed E-state index contributed by atoms with van der Waals surface area (Å²) in [6.45, 7) is 6.41. The molecule has 0 nitrogen and oxygen atoms in total. The van der Waals surface area contributed by atoms with Gasteiger partial charge in [-0.3, -0.25) is 0 Å². The molecule has 0 unspecified atom stereocenters. The molecule has 1 aliphatic rings. The maximum absolute atomic E-state index is 2.22. The second-order valence-corrected chi connectivity index (χ2v) is 6.42. The van der Waals surface area contributed by atoms with Crippen molar-refractivity contribution in [2.45, 2.75) is 26.7 Å². The molecule has 0 spiro atoms. The zero-order chi connectivity index (χ0) is 11.3. The van der Waals surface area contributed by atoms with Gasteiger partial charge < -0.3 is 12.4 Å². The SMILES string of the molecule is C[C](C)=[Zr+2].C[c-]1cccc1C1C=CC=C1.[Cl-].